The van der Waals surface area contributed by atoms with Gasteiger partial charge in [-0.3, -0.25) is 0 Å². The second-order valence-electron chi connectivity index (χ2n) is 2.53. The summed E-state index contributed by atoms with van der Waals surface area (Å²) in [6, 6.07) is 0. The molecule has 1 aromatic heterocycles. The van der Waals surface area contributed by atoms with Gasteiger partial charge in [0.25, 0.3) is 0 Å². The van der Waals surface area contributed by atoms with Crippen LogP contribution in [-0.4, -0.2) is 16.0 Å². The molecule has 0 spiro atoms. The average molecular weight is 253 g/mol. The zero-order chi connectivity index (χ0) is 8.27. The molecule has 62 valence electrons. The third-order valence-electron chi connectivity index (χ3n) is 0.922. The van der Waals surface area contributed by atoms with Crippen molar-refractivity contribution in [3.05, 3.63) is 3.92 Å². The molecule has 0 saturated carbocycles. The molecule has 0 aromatic carbocycles. The summed E-state index contributed by atoms with van der Waals surface area (Å²) in [5.41, 5.74) is 0. The Morgan fingerprint density at radius 1 is 1.55 bits per heavy atom. The molecular weight excluding hydrogens is 244 g/mol. The van der Waals surface area contributed by atoms with Crippen LogP contribution in [0, 0.1) is 5.92 Å². The smallest absolute Gasteiger partial charge is 0.131 e. The molecule has 1 aromatic rings. The van der Waals surface area contributed by atoms with Crippen molar-refractivity contribution < 1.29 is 0 Å². The van der Waals surface area contributed by atoms with E-state index in [9.17, 15) is 0 Å². The molecule has 0 atom stereocenters. The molecule has 0 saturated heterocycles. The molecule has 0 aliphatic carbocycles. The van der Waals surface area contributed by atoms with E-state index in [0.717, 1.165) is 14.0 Å². The van der Waals surface area contributed by atoms with Crippen molar-refractivity contribution in [2.45, 2.75) is 18.2 Å². The van der Waals surface area contributed by atoms with E-state index in [1.54, 1.807) is 23.1 Å². The minimum atomic E-state index is 0.711. The van der Waals surface area contributed by atoms with Crippen LogP contribution in [0.4, 0.5) is 0 Å². The van der Waals surface area contributed by atoms with E-state index in [-0.39, 0.29) is 0 Å². The van der Waals surface area contributed by atoms with E-state index in [4.69, 9.17) is 0 Å². The topological polar surface area (TPSA) is 25.8 Å². The van der Waals surface area contributed by atoms with E-state index in [2.05, 4.69) is 40.0 Å². The van der Waals surface area contributed by atoms with Gasteiger partial charge < -0.3 is 0 Å². The lowest BCUT2D eigenvalue weighted by molar-refractivity contribution is 0.749. The fourth-order valence-corrected chi connectivity index (χ4v) is 2.91. The van der Waals surface area contributed by atoms with Gasteiger partial charge in [0.2, 0.25) is 0 Å². The molecule has 2 nitrogen and oxygen atoms in total. The summed E-state index contributed by atoms with van der Waals surface area (Å²) in [4.78, 5) is 0. The summed E-state index contributed by atoms with van der Waals surface area (Å²) < 4.78 is 1.91. The van der Waals surface area contributed by atoms with Gasteiger partial charge in [0.1, 0.15) is 0 Å². The lowest BCUT2D eigenvalue weighted by Crippen LogP contribution is -1.89. The molecule has 1 heterocycles. The van der Waals surface area contributed by atoms with Gasteiger partial charge in [-0.1, -0.05) is 36.9 Å². The maximum absolute atomic E-state index is 3.97. The first kappa shape index (κ1) is 9.48. The summed E-state index contributed by atoms with van der Waals surface area (Å²) in [5.74, 6) is 1.82. The Labute approximate surface area is 82.9 Å². The van der Waals surface area contributed by atoms with Crippen LogP contribution in [0.3, 0.4) is 0 Å². The Hall–Kier alpha value is 0.390. The van der Waals surface area contributed by atoms with Gasteiger partial charge in [-0.05, 0) is 21.8 Å². The molecule has 0 N–H and O–H groups in total. The van der Waals surface area contributed by atoms with Gasteiger partial charge in [-0.25, -0.2) is 0 Å². The van der Waals surface area contributed by atoms with Crippen molar-refractivity contribution in [2.24, 2.45) is 5.92 Å². The Bertz CT molecular complexity index is 224. The van der Waals surface area contributed by atoms with E-state index in [1.807, 2.05) is 0 Å². The van der Waals surface area contributed by atoms with E-state index in [0.29, 0.717) is 5.92 Å². The predicted molar refractivity (Wildman–Crippen MR) is 53.2 cm³/mol. The molecule has 1 rings (SSSR count). The molecule has 11 heavy (non-hydrogen) atoms. The highest BCUT2D eigenvalue weighted by Gasteiger charge is 2.02. The number of hydrogen-bond acceptors (Lipinski definition) is 4. The summed E-state index contributed by atoms with van der Waals surface area (Å²) in [5, 5.41) is 7.83. The molecule has 5 heteroatoms. The Balaban J connectivity index is 2.39. The molecule has 0 amide bonds. The number of rotatable bonds is 3. The summed E-state index contributed by atoms with van der Waals surface area (Å²) >= 11 is 6.62. The fourth-order valence-electron chi connectivity index (χ4n) is 0.489. The van der Waals surface area contributed by atoms with Gasteiger partial charge in [-0.15, -0.1) is 10.2 Å². The van der Waals surface area contributed by atoms with Gasteiger partial charge >= 0.3 is 0 Å². The second-order valence-corrected chi connectivity index (χ2v) is 6.05. The maximum Gasteiger partial charge on any atom is 0.184 e. The van der Waals surface area contributed by atoms with Crippen LogP contribution < -0.4 is 0 Å². The standard InChI is InChI=1S/C6H9BrN2S2/c1-4(2)3-10-6-9-8-5(7)11-6/h4H,3H2,1-2H3. The molecule has 0 aliphatic rings. The van der Waals surface area contributed by atoms with Crippen LogP contribution in [0.25, 0.3) is 0 Å². The number of aromatic nitrogens is 2. The van der Waals surface area contributed by atoms with Crippen molar-refractivity contribution in [1.29, 1.82) is 0 Å². The monoisotopic (exact) mass is 252 g/mol. The summed E-state index contributed by atoms with van der Waals surface area (Å²) in [7, 11) is 0. The average Bonchev–Trinajstić information content (AvgIpc) is 2.31. The van der Waals surface area contributed by atoms with Crippen LogP contribution in [0.1, 0.15) is 13.8 Å². The molecule has 0 radical (unpaired) electrons. The Morgan fingerprint density at radius 2 is 2.27 bits per heavy atom. The van der Waals surface area contributed by atoms with Crippen molar-refractivity contribution in [1.82, 2.24) is 10.2 Å². The van der Waals surface area contributed by atoms with Crippen molar-refractivity contribution in [3.8, 4) is 0 Å². The van der Waals surface area contributed by atoms with Crippen LogP contribution >= 0.6 is 39.0 Å². The van der Waals surface area contributed by atoms with E-state index in [1.165, 1.54) is 0 Å². The molecule has 0 aliphatic heterocycles. The quantitative estimate of drug-likeness (QED) is 0.774. The lowest BCUT2D eigenvalue weighted by atomic mass is 10.3. The zero-order valence-electron chi connectivity index (χ0n) is 6.37. The van der Waals surface area contributed by atoms with Crippen LogP contribution in [-0.2, 0) is 0 Å². The van der Waals surface area contributed by atoms with Crippen molar-refractivity contribution >= 4 is 39.0 Å². The molecule has 0 unspecified atom stereocenters. The van der Waals surface area contributed by atoms with E-state index >= 15 is 0 Å². The maximum atomic E-state index is 3.97. The fraction of sp³-hybridized carbons (Fsp3) is 0.667. The second kappa shape index (κ2) is 4.42. The minimum absolute atomic E-state index is 0.711. The first-order valence-corrected chi connectivity index (χ1v) is 5.90. The summed E-state index contributed by atoms with van der Waals surface area (Å²) in [6.45, 7) is 4.39. The molecule has 0 bridgehead atoms. The van der Waals surface area contributed by atoms with Crippen LogP contribution in [0.5, 0.6) is 0 Å². The van der Waals surface area contributed by atoms with Crippen LogP contribution in [0.2, 0.25) is 0 Å². The van der Waals surface area contributed by atoms with Gasteiger partial charge in [0, 0.05) is 5.75 Å². The highest BCUT2D eigenvalue weighted by Crippen LogP contribution is 2.26. The van der Waals surface area contributed by atoms with Crippen molar-refractivity contribution in [3.63, 3.8) is 0 Å². The Kier molecular flexibility index (Phi) is 3.81. The lowest BCUT2D eigenvalue weighted by Gasteiger charge is -1.98. The highest BCUT2D eigenvalue weighted by atomic mass is 79.9. The molecule has 0 fully saturated rings. The van der Waals surface area contributed by atoms with Crippen LogP contribution in [0.15, 0.2) is 8.26 Å². The number of hydrogen-bond donors (Lipinski definition) is 0. The van der Waals surface area contributed by atoms with Crippen molar-refractivity contribution in [2.75, 3.05) is 5.75 Å². The first-order chi connectivity index (χ1) is 5.18. The van der Waals surface area contributed by atoms with Gasteiger partial charge in [-0.2, -0.15) is 0 Å². The zero-order valence-corrected chi connectivity index (χ0v) is 9.59. The number of thioether (sulfide) groups is 1. The van der Waals surface area contributed by atoms with E-state index < -0.39 is 0 Å². The number of halogens is 1. The summed E-state index contributed by atoms with van der Waals surface area (Å²) in [6.07, 6.45) is 0. The number of nitrogens with zero attached hydrogens (tertiary/aromatic N) is 2. The Morgan fingerprint density at radius 3 is 2.73 bits per heavy atom. The van der Waals surface area contributed by atoms with Gasteiger partial charge in [0.15, 0.2) is 8.26 Å². The predicted octanol–water partition coefficient (Wildman–Crippen LogP) is 3.05. The molecular formula is C6H9BrN2S2. The normalized spacial score (nSPS) is 10.9. The largest absolute Gasteiger partial charge is 0.184 e. The minimum Gasteiger partial charge on any atom is -0.131 e. The third-order valence-corrected chi connectivity index (χ3v) is 3.84. The first-order valence-electron chi connectivity index (χ1n) is 3.30. The highest BCUT2D eigenvalue weighted by molar-refractivity contribution is 9.11. The third kappa shape index (κ3) is 3.53. The van der Waals surface area contributed by atoms with Gasteiger partial charge in [0.05, 0.1) is 0 Å². The SMILES string of the molecule is CC(C)CSc1nnc(Br)s1.